The van der Waals surface area contributed by atoms with Crippen LogP contribution in [-0.2, 0) is 32.7 Å². The summed E-state index contributed by atoms with van der Waals surface area (Å²) < 4.78 is 33.8. The van der Waals surface area contributed by atoms with Crippen LogP contribution in [0, 0.1) is 0 Å². The van der Waals surface area contributed by atoms with Gasteiger partial charge in [0.05, 0.1) is 27.7 Å². The molecule has 0 N–H and O–H groups in total. The van der Waals surface area contributed by atoms with Crippen molar-refractivity contribution in [2.75, 3.05) is 47.5 Å². The van der Waals surface area contributed by atoms with Crippen LogP contribution in [0.1, 0.15) is 155 Å². The molecule has 2 atom stereocenters. The summed E-state index contributed by atoms with van der Waals surface area (Å²) in [7, 11) is 1.10. The quantitative estimate of drug-likeness (QED) is 0.0197. The predicted octanol–water partition coefficient (Wildman–Crippen LogP) is 12.7. The van der Waals surface area contributed by atoms with Crippen LogP contribution in [0.3, 0.4) is 0 Å². The zero-order valence-corrected chi connectivity index (χ0v) is 39.3. The van der Waals surface area contributed by atoms with E-state index in [1.54, 1.807) is 0 Å². The standard InChI is InChI=1S/C50H84NO8P/c1-6-8-10-12-14-16-18-20-22-24-25-27-28-30-32-34-36-38-40-42-49(52)56-46-48(47-58-60(54,55)57-45-44-51(3,4)5)59-50(53)43-41-39-37-35-33-31-29-26-23-21-19-17-15-13-11-9-7-2/h8,10,14-17,20-23,25,27,30,32,36,38,48H,6-7,9,11-13,18-19,24,26,28-29,31,33-35,37,39-47H2,1-5H3/b10-8+,16-14+,17-15+,22-20+,23-21+,27-25+,32-30+,38-36+/t48-/m1/s1. The van der Waals surface area contributed by atoms with Crippen molar-refractivity contribution < 1.29 is 42.1 Å². The molecule has 10 heteroatoms. The molecule has 0 aromatic heterocycles. The van der Waals surface area contributed by atoms with E-state index in [-0.39, 0.29) is 26.1 Å². The molecular formula is C50H84NO8P. The van der Waals surface area contributed by atoms with Crippen molar-refractivity contribution in [3.05, 3.63) is 97.2 Å². The number of allylic oxidation sites excluding steroid dienone is 16. The summed E-state index contributed by atoms with van der Waals surface area (Å²) in [5.74, 6) is -0.951. The second kappa shape index (κ2) is 41.3. The van der Waals surface area contributed by atoms with Gasteiger partial charge in [-0.1, -0.05) is 156 Å². The lowest BCUT2D eigenvalue weighted by Crippen LogP contribution is -2.37. The average Bonchev–Trinajstić information content (AvgIpc) is 3.20. The third-order valence-electron chi connectivity index (χ3n) is 9.10. The fraction of sp³-hybridized carbons (Fsp3) is 0.640. The van der Waals surface area contributed by atoms with Crippen molar-refractivity contribution in [1.29, 1.82) is 0 Å². The van der Waals surface area contributed by atoms with Crippen molar-refractivity contribution >= 4 is 19.8 Å². The fourth-order valence-electron chi connectivity index (χ4n) is 5.53. The molecule has 0 fully saturated rings. The van der Waals surface area contributed by atoms with E-state index in [0.717, 1.165) is 70.6 Å². The third kappa shape index (κ3) is 44.5. The van der Waals surface area contributed by atoms with Crippen LogP contribution in [0.5, 0.6) is 0 Å². The zero-order valence-electron chi connectivity index (χ0n) is 38.4. The number of nitrogens with zero attached hydrogens (tertiary/aromatic N) is 1. The van der Waals surface area contributed by atoms with Crippen molar-refractivity contribution in [3.63, 3.8) is 0 Å². The van der Waals surface area contributed by atoms with E-state index in [1.807, 2.05) is 33.3 Å². The molecule has 1 unspecified atom stereocenters. The van der Waals surface area contributed by atoms with E-state index in [4.69, 9.17) is 18.5 Å². The Kier molecular flexibility index (Phi) is 39.2. The van der Waals surface area contributed by atoms with Crippen LogP contribution in [-0.4, -0.2) is 70.0 Å². The lowest BCUT2D eigenvalue weighted by Gasteiger charge is -2.28. The SMILES string of the molecule is CC/C=C/C/C=C/C/C=C/C/C=C/C/C=C/C/C=C/CCC(=O)OC[C@H](COP(=O)([O-])OCC[N+](C)(C)C)OC(=O)CCCCCCCCC/C=C/C/C=C/CCCCC. The van der Waals surface area contributed by atoms with Gasteiger partial charge in [0.2, 0.25) is 0 Å². The van der Waals surface area contributed by atoms with Gasteiger partial charge in [-0.25, -0.2) is 0 Å². The van der Waals surface area contributed by atoms with Gasteiger partial charge in [0, 0.05) is 12.8 Å². The molecular weight excluding hydrogens is 774 g/mol. The summed E-state index contributed by atoms with van der Waals surface area (Å²) in [4.78, 5) is 37.6. The van der Waals surface area contributed by atoms with E-state index in [9.17, 15) is 19.0 Å². The Balaban J connectivity index is 4.49. The molecule has 342 valence electrons. The predicted molar refractivity (Wildman–Crippen MR) is 249 cm³/mol. The highest BCUT2D eigenvalue weighted by Crippen LogP contribution is 2.38. The number of phosphoric ester groups is 1. The van der Waals surface area contributed by atoms with Gasteiger partial charge < -0.3 is 27.9 Å². The highest BCUT2D eigenvalue weighted by molar-refractivity contribution is 7.45. The number of esters is 2. The minimum absolute atomic E-state index is 0.0491. The monoisotopic (exact) mass is 858 g/mol. The van der Waals surface area contributed by atoms with E-state index in [0.29, 0.717) is 23.9 Å². The topological polar surface area (TPSA) is 111 Å². The van der Waals surface area contributed by atoms with Gasteiger partial charge in [-0.2, -0.15) is 0 Å². The molecule has 0 saturated heterocycles. The van der Waals surface area contributed by atoms with Crippen LogP contribution >= 0.6 is 7.82 Å². The minimum atomic E-state index is -4.65. The number of hydrogen-bond acceptors (Lipinski definition) is 8. The van der Waals surface area contributed by atoms with Gasteiger partial charge in [0.1, 0.15) is 19.8 Å². The molecule has 9 nitrogen and oxygen atoms in total. The maximum absolute atomic E-state index is 12.7. The van der Waals surface area contributed by atoms with Crippen LogP contribution in [0.25, 0.3) is 0 Å². The number of hydrogen-bond donors (Lipinski definition) is 0. The summed E-state index contributed by atoms with van der Waals surface area (Å²) in [5, 5.41) is 0. The number of rotatable bonds is 40. The highest BCUT2D eigenvalue weighted by Gasteiger charge is 2.21. The molecule has 0 radical (unpaired) electrons. The first kappa shape index (κ1) is 56.9. The van der Waals surface area contributed by atoms with Gasteiger partial charge >= 0.3 is 11.9 Å². The molecule has 0 aliphatic carbocycles. The lowest BCUT2D eigenvalue weighted by molar-refractivity contribution is -0.870. The van der Waals surface area contributed by atoms with Gasteiger partial charge in [-0.15, -0.1) is 0 Å². The van der Waals surface area contributed by atoms with Gasteiger partial charge in [0.15, 0.2) is 6.10 Å². The molecule has 0 heterocycles. The Morgan fingerprint density at radius 1 is 0.533 bits per heavy atom. The molecule has 0 saturated carbocycles. The summed E-state index contributed by atoms with van der Waals surface area (Å²) >= 11 is 0. The molecule has 0 aliphatic rings. The Hall–Kier alpha value is -3.07. The fourth-order valence-corrected chi connectivity index (χ4v) is 6.26. The molecule has 0 aromatic carbocycles. The Labute approximate surface area is 366 Å². The zero-order chi connectivity index (χ0) is 44.3. The smallest absolute Gasteiger partial charge is 0.306 e. The second-order valence-corrected chi connectivity index (χ2v) is 17.4. The number of likely N-dealkylation sites (N-methyl/N-ethyl adjacent to an activating group) is 1. The number of unbranched alkanes of at least 4 members (excludes halogenated alkanes) is 10. The van der Waals surface area contributed by atoms with Crippen LogP contribution in [0.2, 0.25) is 0 Å². The summed E-state index contributed by atoms with van der Waals surface area (Å²) in [6, 6.07) is 0. The Morgan fingerprint density at radius 3 is 1.48 bits per heavy atom. The summed E-state index contributed by atoms with van der Waals surface area (Å²) in [5.41, 5.74) is 0. The van der Waals surface area contributed by atoms with Crippen molar-refractivity contribution in [2.24, 2.45) is 0 Å². The largest absolute Gasteiger partial charge is 0.756 e. The summed E-state index contributed by atoms with van der Waals surface area (Å²) in [6.45, 7) is 3.97. The molecule has 0 aliphatic heterocycles. The van der Waals surface area contributed by atoms with Crippen LogP contribution < -0.4 is 4.89 Å². The van der Waals surface area contributed by atoms with Gasteiger partial charge in [-0.3, -0.25) is 14.2 Å². The van der Waals surface area contributed by atoms with Crippen LogP contribution in [0.4, 0.5) is 0 Å². The number of ether oxygens (including phenoxy) is 2. The normalized spacial score (nSPS) is 14.4. The summed E-state index contributed by atoms with van der Waals surface area (Å²) in [6.07, 6.45) is 54.5. The second-order valence-electron chi connectivity index (χ2n) is 16.0. The first-order chi connectivity index (χ1) is 29.0. The minimum Gasteiger partial charge on any atom is -0.756 e. The number of quaternary nitrogens is 1. The van der Waals surface area contributed by atoms with E-state index >= 15 is 0 Å². The van der Waals surface area contributed by atoms with E-state index in [2.05, 4.69) is 98.9 Å². The van der Waals surface area contributed by atoms with E-state index < -0.39 is 32.5 Å². The molecule has 0 aromatic rings. The van der Waals surface area contributed by atoms with E-state index in [1.165, 1.54) is 44.9 Å². The lowest BCUT2D eigenvalue weighted by atomic mass is 10.1. The Morgan fingerprint density at radius 2 is 0.983 bits per heavy atom. The highest BCUT2D eigenvalue weighted by atomic mass is 31.2. The van der Waals surface area contributed by atoms with Gasteiger partial charge in [-0.05, 0) is 83.5 Å². The Bertz CT molecular complexity index is 1340. The maximum atomic E-state index is 12.7. The molecule has 60 heavy (non-hydrogen) atoms. The maximum Gasteiger partial charge on any atom is 0.306 e. The van der Waals surface area contributed by atoms with Crippen molar-refractivity contribution in [1.82, 2.24) is 0 Å². The van der Waals surface area contributed by atoms with Crippen LogP contribution in [0.15, 0.2) is 97.2 Å². The average molecular weight is 858 g/mol. The van der Waals surface area contributed by atoms with Crippen molar-refractivity contribution in [3.8, 4) is 0 Å². The molecule has 0 spiro atoms. The third-order valence-corrected chi connectivity index (χ3v) is 10.1. The number of carbonyl (C=O) groups excluding carboxylic acids is 2. The van der Waals surface area contributed by atoms with Crippen molar-refractivity contribution in [2.45, 2.75) is 161 Å². The van der Waals surface area contributed by atoms with Gasteiger partial charge in [0.25, 0.3) is 7.82 Å². The molecule has 0 bridgehead atoms. The molecule has 0 rings (SSSR count). The number of phosphoric acid groups is 1. The first-order valence-corrected chi connectivity index (χ1v) is 24.4. The number of carbonyl (C=O) groups is 2. The molecule has 0 amide bonds. The first-order valence-electron chi connectivity index (χ1n) is 22.9.